The fraction of sp³-hybridized carbons (Fsp3) is 0.500. The second-order valence-corrected chi connectivity index (χ2v) is 6.62. The minimum atomic E-state index is -0.231. The first-order valence-electron chi connectivity index (χ1n) is 8.30. The fourth-order valence-corrected chi connectivity index (χ4v) is 3.63. The zero-order valence-corrected chi connectivity index (χ0v) is 15.0. The van der Waals surface area contributed by atoms with Crippen LogP contribution in [0.4, 0.5) is 0 Å². The smallest absolute Gasteiger partial charge is 0.263 e. The summed E-state index contributed by atoms with van der Waals surface area (Å²) in [5.74, 6) is -0.180. The van der Waals surface area contributed by atoms with Gasteiger partial charge in [-0.2, -0.15) is 5.10 Å². The van der Waals surface area contributed by atoms with Crippen LogP contribution in [-0.4, -0.2) is 31.7 Å². The summed E-state index contributed by atoms with van der Waals surface area (Å²) in [6.45, 7) is 6.54. The number of amides is 1. The average molecular weight is 328 g/mol. The Hall–Kier alpha value is -2.37. The van der Waals surface area contributed by atoms with Crippen molar-refractivity contribution in [2.24, 2.45) is 14.1 Å². The van der Waals surface area contributed by atoms with E-state index in [1.54, 1.807) is 13.1 Å². The Balaban J connectivity index is 2.01. The summed E-state index contributed by atoms with van der Waals surface area (Å²) in [6, 6.07) is 3.47. The van der Waals surface area contributed by atoms with Gasteiger partial charge in [-0.1, -0.05) is 0 Å². The predicted octanol–water partition coefficient (Wildman–Crippen LogP) is 2.02. The lowest BCUT2D eigenvalue weighted by Gasteiger charge is -2.25. The first-order chi connectivity index (χ1) is 11.3. The Bertz CT molecular complexity index is 863. The van der Waals surface area contributed by atoms with Gasteiger partial charge in [-0.3, -0.25) is 14.3 Å². The molecular formula is C18H24N4O2. The minimum absolute atomic E-state index is 0.00258. The largest absolute Gasteiger partial charge is 0.331 e. The highest BCUT2D eigenvalue weighted by Crippen LogP contribution is 2.36. The lowest BCUT2D eigenvalue weighted by atomic mass is 10.0. The molecule has 24 heavy (non-hydrogen) atoms. The number of carbonyl (C=O) groups excluding carboxylic acids is 1. The van der Waals surface area contributed by atoms with Crippen molar-refractivity contribution in [3.63, 3.8) is 0 Å². The zero-order valence-electron chi connectivity index (χ0n) is 15.0. The molecule has 2 aromatic heterocycles. The van der Waals surface area contributed by atoms with Crippen molar-refractivity contribution in [2.75, 3.05) is 6.54 Å². The van der Waals surface area contributed by atoms with Gasteiger partial charge in [-0.25, -0.2) is 0 Å². The second kappa shape index (κ2) is 5.92. The van der Waals surface area contributed by atoms with Gasteiger partial charge in [0.1, 0.15) is 5.56 Å². The van der Waals surface area contributed by atoms with E-state index in [1.165, 1.54) is 4.57 Å². The summed E-state index contributed by atoms with van der Waals surface area (Å²) in [7, 11) is 3.62. The molecule has 0 saturated carbocycles. The summed E-state index contributed by atoms with van der Waals surface area (Å²) in [5, 5.41) is 4.48. The molecule has 0 radical (unpaired) electrons. The van der Waals surface area contributed by atoms with Crippen LogP contribution in [0.5, 0.6) is 0 Å². The van der Waals surface area contributed by atoms with Gasteiger partial charge < -0.3 is 9.47 Å². The van der Waals surface area contributed by atoms with E-state index in [1.807, 2.05) is 43.5 Å². The van der Waals surface area contributed by atoms with Crippen LogP contribution >= 0.6 is 0 Å². The number of hydrogen-bond acceptors (Lipinski definition) is 3. The lowest BCUT2D eigenvalue weighted by molar-refractivity contribution is 0.0732. The first-order valence-corrected chi connectivity index (χ1v) is 8.30. The summed E-state index contributed by atoms with van der Waals surface area (Å²) in [4.78, 5) is 27.3. The number of likely N-dealkylation sites (tertiary alicyclic amines) is 1. The van der Waals surface area contributed by atoms with E-state index >= 15 is 0 Å². The molecule has 2 aromatic rings. The van der Waals surface area contributed by atoms with Crippen LogP contribution in [0.15, 0.2) is 16.9 Å². The van der Waals surface area contributed by atoms with Crippen molar-refractivity contribution in [1.29, 1.82) is 0 Å². The summed E-state index contributed by atoms with van der Waals surface area (Å²) >= 11 is 0. The third-order valence-electron chi connectivity index (χ3n) is 5.20. The van der Waals surface area contributed by atoms with Gasteiger partial charge in [0.2, 0.25) is 0 Å². The quantitative estimate of drug-likeness (QED) is 0.847. The van der Waals surface area contributed by atoms with Crippen molar-refractivity contribution >= 4 is 5.91 Å². The van der Waals surface area contributed by atoms with Crippen LogP contribution in [0.1, 0.15) is 51.9 Å². The highest BCUT2D eigenvalue weighted by atomic mass is 16.2. The van der Waals surface area contributed by atoms with E-state index < -0.39 is 0 Å². The molecule has 0 spiro atoms. The van der Waals surface area contributed by atoms with E-state index in [9.17, 15) is 9.59 Å². The third-order valence-corrected chi connectivity index (χ3v) is 5.20. The Morgan fingerprint density at radius 1 is 1.21 bits per heavy atom. The van der Waals surface area contributed by atoms with Gasteiger partial charge in [0, 0.05) is 37.6 Å². The highest BCUT2D eigenvalue weighted by molar-refractivity contribution is 5.94. The van der Waals surface area contributed by atoms with Crippen molar-refractivity contribution in [3.8, 4) is 0 Å². The fourth-order valence-electron chi connectivity index (χ4n) is 3.63. The maximum atomic E-state index is 13.0. The van der Waals surface area contributed by atoms with Crippen LogP contribution < -0.4 is 5.56 Å². The Labute approximate surface area is 141 Å². The van der Waals surface area contributed by atoms with Crippen molar-refractivity contribution < 1.29 is 4.79 Å². The third kappa shape index (κ3) is 2.46. The van der Waals surface area contributed by atoms with E-state index in [2.05, 4.69) is 5.10 Å². The normalized spacial score (nSPS) is 17.5. The summed E-state index contributed by atoms with van der Waals surface area (Å²) in [6.07, 6.45) is 1.85. The maximum Gasteiger partial charge on any atom is 0.263 e. The molecule has 0 aromatic carbocycles. The van der Waals surface area contributed by atoms with E-state index in [0.717, 1.165) is 35.5 Å². The Morgan fingerprint density at radius 2 is 1.92 bits per heavy atom. The van der Waals surface area contributed by atoms with Gasteiger partial charge in [0.25, 0.3) is 11.5 Å². The molecule has 1 fully saturated rings. The second-order valence-electron chi connectivity index (χ2n) is 6.62. The number of nitrogens with zero attached hydrogens (tertiary/aromatic N) is 4. The monoisotopic (exact) mass is 328 g/mol. The predicted molar refractivity (Wildman–Crippen MR) is 92.1 cm³/mol. The van der Waals surface area contributed by atoms with Gasteiger partial charge in [0.05, 0.1) is 11.7 Å². The molecule has 1 saturated heterocycles. The van der Waals surface area contributed by atoms with E-state index in [4.69, 9.17) is 0 Å². The standard InChI is InChI=1S/C18H24N4O2/c1-11-8-9-14(17(23)20(11)4)18(24)22-10-6-7-15(22)16-12(2)19-21(5)13(16)3/h8-9,15H,6-7,10H2,1-5H3/t15-/m1/s1. The van der Waals surface area contributed by atoms with Gasteiger partial charge in [-0.05, 0) is 45.7 Å². The summed E-state index contributed by atoms with van der Waals surface area (Å²) in [5.41, 5.74) is 4.01. The van der Waals surface area contributed by atoms with Crippen molar-refractivity contribution in [1.82, 2.24) is 19.2 Å². The average Bonchev–Trinajstić information content (AvgIpc) is 3.10. The molecule has 0 unspecified atom stereocenters. The van der Waals surface area contributed by atoms with Crippen molar-refractivity contribution in [2.45, 2.75) is 39.7 Å². The molecule has 3 rings (SSSR count). The molecule has 128 valence electrons. The number of aromatic nitrogens is 3. The van der Waals surface area contributed by atoms with Crippen molar-refractivity contribution in [3.05, 3.63) is 50.7 Å². The maximum absolute atomic E-state index is 13.0. The molecule has 6 heteroatoms. The molecule has 1 atom stereocenters. The number of rotatable bonds is 2. The minimum Gasteiger partial charge on any atom is -0.331 e. The van der Waals surface area contributed by atoms with Gasteiger partial charge in [0.15, 0.2) is 0 Å². The van der Waals surface area contributed by atoms with E-state index in [0.29, 0.717) is 6.54 Å². The lowest BCUT2D eigenvalue weighted by Crippen LogP contribution is -2.36. The Kier molecular flexibility index (Phi) is 4.07. The molecule has 1 aliphatic rings. The van der Waals surface area contributed by atoms with Gasteiger partial charge >= 0.3 is 0 Å². The number of pyridine rings is 1. The van der Waals surface area contributed by atoms with Crippen LogP contribution in [-0.2, 0) is 14.1 Å². The van der Waals surface area contributed by atoms with Crippen LogP contribution in [0.3, 0.4) is 0 Å². The molecular weight excluding hydrogens is 304 g/mol. The number of carbonyl (C=O) groups is 1. The first kappa shape index (κ1) is 16.5. The van der Waals surface area contributed by atoms with Gasteiger partial charge in [-0.15, -0.1) is 0 Å². The molecule has 6 nitrogen and oxygen atoms in total. The van der Waals surface area contributed by atoms with Crippen LogP contribution in [0.2, 0.25) is 0 Å². The zero-order chi connectivity index (χ0) is 17.6. The molecule has 0 N–H and O–H groups in total. The highest BCUT2D eigenvalue weighted by Gasteiger charge is 2.34. The molecule has 0 aliphatic carbocycles. The molecule has 3 heterocycles. The summed E-state index contributed by atoms with van der Waals surface area (Å²) < 4.78 is 3.38. The number of aryl methyl sites for hydroxylation is 3. The van der Waals surface area contributed by atoms with Crippen LogP contribution in [0.25, 0.3) is 0 Å². The van der Waals surface area contributed by atoms with Crippen LogP contribution in [0, 0.1) is 20.8 Å². The molecule has 0 bridgehead atoms. The molecule has 1 aliphatic heterocycles. The topological polar surface area (TPSA) is 60.1 Å². The Morgan fingerprint density at radius 3 is 2.54 bits per heavy atom. The molecule has 1 amide bonds. The SMILES string of the molecule is Cc1nn(C)c(C)c1[C@H]1CCCN1C(=O)c1ccc(C)n(C)c1=O. The van der Waals surface area contributed by atoms with E-state index in [-0.39, 0.29) is 23.1 Å². The number of hydrogen-bond donors (Lipinski definition) is 0.